The second kappa shape index (κ2) is 7.50. The maximum absolute atomic E-state index is 12.9. The summed E-state index contributed by atoms with van der Waals surface area (Å²) in [4.78, 5) is 24.5. The van der Waals surface area contributed by atoms with Crippen molar-refractivity contribution in [3.8, 4) is 5.75 Å². The van der Waals surface area contributed by atoms with E-state index in [0.29, 0.717) is 22.5 Å². The minimum Gasteiger partial charge on any atom is -0.490 e. The number of benzene rings is 2. The van der Waals surface area contributed by atoms with Gasteiger partial charge in [0, 0.05) is 18.2 Å². The van der Waals surface area contributed by atoms with Gasteiger partial charge in [-0.05, 0) is 43.2 Å². The Hall–Kier alpha value is -3.32. The molecule has 1 aliphatic rings. The fraction of sp³-hybridized carbons (Fsp3) is 0.304. The van der Waals surface area contributed by atoms with Crippen molar-refractivity contribution < 1.29 is 23.8 Å². The normalized spacial score (nSPS) is 15.6. The number of aliphatic hydroxyl groups is 1. The predicted octanol–water partition coefficient (Wildman–Crippen LogP) is 2.25. The number of carbonyl (C=O) groups excluding carboxylic acids is 2. The Bertz CT molecular complexity index is 1110. The molecule has 2 aromatic carbocycles. The van der Waals surface area contributed by atoms with Crippen LogP contribution in [0.1, 0.15) is 34.2 Å². The van der Waals surface area contributed by atoms with Gasteiger partial charge >= 0.3 is 0 Å². The number of furan rings is 1. The second-order valence-electron chi connectivity index (χ2n) is 7.92. The number of fused-ring (bicyclic) bond motifs is 2. The van der Waals surface area contributed by atoms with Crippen molar-refractivity contribution in [2.45, 2.75) is 38.3 Å². The molecule has 156 valence electrons. The molecule has 0 radical (unpaired) electrons. The number of rotatable bonds is 6. The number of hydrogen-bond acceptors (Lipinski definition) is 5. The Morgan fingerprint density at radius 1 is 1.23 bits per heavy atom. The minimum atomic E-state index is -1.57. The first-order chi connectivity index (χ1) is 14.3. The summed E-state index contributed by atoms with van der Waals surface area (Å²) in [5, 5.41) is 12.6. The Morgan fingerprint density at radius 3 is 2.50 bits per heavy atom. The number of carbonyl (C=O) groups is 2. The highest BCUT2D eigenvalue weighted by atomic mass is 16.5. The van der Waals surface area contributed by atoms with Crippen LogP contribution in [0.5, 0.6) is 5.75 Å². The van der Waals surface area contributed by atoms with Crippen LogP contribution in [0.25, 0.3) is 11.0 Å². The van der Waals surface area contributed by atoms with Crippen LogP contribution >= 0.6 is 0 Å². The van der Waals surface area contributed by atoms with E-state index in [2.05, 4.69) is 17.4 Å². The Kier molecular flexibility index (Phi) is 4.99. The molecule has 1 aromatic heterocycles. The van der Waals surface area contributed by atoms with Gasteiger partial charge in [0.15, 0.2) is 0 Å². The average Bonchev–Trinajstić information content (AvgIpc) is 3.26. The number of aryl methyl sites for hydroxylation is 1. The molecule has 4 rings (SSSR count). The van der Waals surface area contributed by atoms with Gasteiger partial charge in [0.25, 0.3) is 5.91 Å². The molecule has 4 N–H and O–H groups in total. The molecular formula is C23H24N2O5. The van der Waals surface area contributed by atoms with Crippen LogP contribution in [0.4, 0.5) is 0 Å². The molecule has 0 saturated carbocycles. The third-order valence-electron chi connectivity index (χ3n) is 5.63. The van der Waals surface area contributed by atoms with Gasteiger partial charge in [-0.3, -0.25) is 9.59 Å². The Labute approximate surface area is 173 Å². The maximum atomic E-state index is 12.9. The van der Waals surface area contributed by atoms with E-state index in [1.807, 2.05) is 18.2 Å². The van der Waals surface area contributed by atoms with Crippen LogP contribution in [-0.2, 0) is 17.6 Å². The number of aliphatic hydroxyl groups excluding tert-OH is 1. The van der Waals surface area contributed by atoms with Gasteiger partial charge in [-0.15, -0.1) is 0 Å². The van der Waals surface area contributed by atoms with Crippen LogP contribution < -0.4 is 15.8 Å². The van der Waals surface area contributed by atoms with Gasteiger partial charge in [-0.2, -0.15) is 0 Å². The molecule has 0 spiro atoms. The molecule has 1 unspecified atom stereocenters. The number of amides is 2. The van der Waals surface area contributed by atoms with E-state index in [1.165, 1.54) is 18.1 Å². The minimum absolute atomic E-state index is 0.0256. The van der Waals surface area contributed by atoms with E-state index >= 15 is 0 Å². The molecule has 30 heavy (non-hydrogen) atoms. The summed E-state index contributed by atoms with van der Waals surface area (Å²) in [6.07, 6.45) is 1.69. The van der Waals surface area contributed by atoms with Crippen molar-refractivity contribution >= 4 is 22.8 Å². The lowest BCUT2D eigenvalue weighted by atomic mass is 10.0. The van der Waals surface area contributed by atoms with Gasteiger partial charge in [0.1, 0.15) is 28.7 Å². The van der Waals surface area contributed by atoms with E-state index in [1.54, 1.807) is 19.1 Å². The van der Waals surface area contributed by atoms with Gasteiger partial charge in [-0.25, -0.2) is 0 Å². The topological polar surface area (TPSA) is 115 Å². The van der Waals surface area contributed by atoms with E-state index in [0.717, 1.165) is 12.8 Å². The first kappa shape index (κ1) is 20.0. The number of hydrogen-bond donors (Lipinski definition) is 3. The molecular weight excluding hydrogens is 384 g/mol. The number of nitrogens with two attached hydrogens (primary N) is 1. The maximum Gasteiger partial charge on any atom is 0.256 e. The lowest BCUT2D eigenvalue weighted by Gasteiger charge is -2.24. The van der Waals surface area contributed by atoms with E-state index in [9.17, 15) is 14.7 Å². The summed E-state index contributed by atoms with van der Waals surface area (Å²) < 4.78 is 11.9. The fourth-order valence-corrected chi connectivity index (χ4v) is 3.84. The fourth-order valence-electron chi connectivity index (χ4n) is 3.84. The summed E-state index contributed by atoms with van der Waals surface area (Å²) in [5.74, 6) is -0.340. The second-order valence-corrected chi connectivity index (χ2v) is 7.92. The molecule has 0 fully saturated rings. The van der Waals surface area contributed by atoms with Crippen LogP contribution in [-0.4, -0.2) is 35.2 Å². The van der Waals surface area contributed by atoms with Crippen molar-refractivity contribution in [2.24, 2.45) is 5.73 Å². The van der Waals surface area contributed by atoms with Crippen molar-refractivity contribution in [1.82, 2.24) is 5.32 Å². The SMILES string of the molecule is Cc1oc2ccc(OC3Cc4ccccc4C3)cc2c1C(=O)NC(C)(CO)C(N)=O. The number of ether oxygens (including phenoxy) is 1. The molecule has 7 nitrogen and oxygen atoms in total. The van der Waals surface area contributed by atoms with Crippen LogP contribution in [0.2, 0.25) is 0 Å². The highest BCUT2D eigenvalue weighted by Gasteiger charge is 2.34. The highest BCUT2D eigenvalue weighted by Crippen LogP contribution is 2.31. The van der Waals surface area contributed by atoms with Gasteiger partial charge in [-0.1, -0.05) is 24.3 Å². The third-order valence-corrected chi connectivity index (χ3v) is 5.63. The van der Waals surface area contributed by atoms with Crippen LogP contribution in [0, 0.1) is 6.92 Å². The quantitative estimate of drug-likeness (QED) is 0.579. The summed E-state index contributed by atoms with van der Waals surface area (Å²) in [6.45, 7) is 2.43. The zero-order valence-corrected chi connectivity index (χ0v) is 16.9. The molecule has 0 aliphatic heterocycles. The summed E-state index contributed by atoms with van der Waals surface area (Å²) in [6, 6.07) is 13.6. The number of nitrogens with one attached hydrogen (secondary N) is 1. The van der Waals surface area contributed by atoms with Crippen LogP contribution in [0.15, 0.2) is 46.9 Å². The summed E-state index contributed by atoms with van der Waals surface area (Å²) >= 11 is 0. The average molecular weight is 408 g/mol. The first-order valence-corrected chi connectivity index (χ1v) is 9.80. The molecule has 1 aliphatic carbocycles. The summed E-state index contributed by atoms with van der Waals surface area (Å²) in [7, 11) is 0. The third kappa shape index (κ3) is 3.52. The Morgan fingerprint density at radius 2 is 1.90 bits per heavy atom. The van der Waals surface area contributed by atoms with Crippen molar-refractivity contribution in [1.29, 1.82) is 0 Å². The lowest BCUT2D eigenvalue weighted by molar-refractivity contribution is -0.124. The molecule has 7 heteroatoms. The molecule has 2 amide bonds. The molecule has 1 heterocycles. The van der Waals surface area contributed by atoms with E-state index in [-0.39, 0.29) is 11.7 Å². The van der Waals surface area contributed by atoms with E-state index < -0.39 is 24.0 Å². The highest BCUT2D eigenvalue weighted by molar-refractivity contribution is 6.09. The van der Waals surface area contributed by atoms with Gasteiger partial charge < -0.3 is 25.3 Å². The zero-order chi connectivity index (χ0) is 21.5. The standard InChI is InChI=1S/C23H24N2O5/c1-13-20(21(27)25-23(2,12-26)22(24)28)18-11-16(7-8-19(18)29-13)30-17-9-14-5-3-4-6-15(14)10-17/h3-8,11,17,26H,9-10,12H2,1-2H3,(H2,24,28)(H,25,27). The van der Waals surface area contributed by atoms with Gasteiger partial charge in [0.2, 0.25) is 5.91 Å². The smallest absolute Gasteiger partial charge is 0.256 e. The Balaban J connectivity index is 1.60. The van der Waals surface area contributed by atoms with Crippen molar-refractivity contribution in [3.63, 3.8) is 0 Å². The monoisotopic (exact) mass is 408 g/mol. The molecule has 3 aromatic rings. The molecule has 0 bridgehead atoms. The molecule has 1 atom stereocenters. The predicted molar refractivity (Wildman–Crippen MR) is 111 cm³/mol. The summed E-state index contributed by atoms with van der Waals surface area (Å²) in [5.41, 5.74) is 7.15. The zero-order valence-electron chi connectivity index (χ0n) is 16.9. The lowest BCUT2D eigenvalue weighted by Crippen LogP contribution is -2.57. The first-order valence-electron chi connectivity index (χ1n) is 9.80. The molecule has 0 saturated heterocycles. The van der Waals surface area contributed by atoms with Gasteiger partial charge in [0.05, 0.1) is 12.2 Å². The number of primary amides is 1. The van der Waals surface area contributed by atoms with E-state index in [4.69, 9.17) is 14.9 Å². The van der Waals surface area contributed by atoms with Crippen molar-refractivity contribution in [3.05, 3.63) is 64.9 Å². The largest absolute Gasteiger partial charge is 0.490 e. The van der Waals surface area contributed by atoms with Crippen molar-refractivity contribution in [2.75, 3.05) is 6.61 Å². The van der Waals surface area contributed by atoms with Crippen LogP contribution in [0.3, 0.4) is 0 Å².